The van der Waals surface area contributed by atoms with Crippen molar-refractivity contribution in [3.05, 3.63) is 42.0 Å². The minimum absolute atomic E-state index is 0.126. The van der Waals surface area contributed by atoms with Crippen LogP contribution in [0.25, 0.3) is 0 Å². The van der Waals surface area contributed by atoms with Crippen LogP contribution in [0.15, 0.2) is 36.4 Å². The second-order valence-corrected chi connectivity index (χ2v) is 8.26. The molecule has 2 N–H and O–H groups in total. The fourth-order valence-corrected chi connectivity index (χ4v) is 4.50. The lowest BCUT2D eigenvalue weighted by Crippen LogP contribution is -2.41. The number of aromatic nitrogens is 2. The summed E-state index contributed by atoms with van der Waals surface area (Å²) >= 11 is 5.57. The average Bonchev–Trinajstić information content (AvgIpc) is 3.29. The van der Waals surface area contributed by atoms with Crippen LogP contribution in [0.2, 0.25) is 0 Å². The first-order valence-corrected chi connectivity index (χ1v) is 11.0. The molecule has 1 aliphatic carbocycles. The number of thiocarbonyl (C=S) groups is 1. The van der Waals surface area contributed by atoms with E-state index in [4.69, 9.17) is 21.7 Å². The van der Waals surface area contributed by atoms with Crippen molar-refractivity contribution in [1.82, 2.24) is 15.3 Å². The van der Waals surface area contributed by atoms with Crippen molar-refractivity contribution in [3.63, 3.8) is 0 Å². The summed E-state index contributed by atoms with van der Waals surface area (Å²) in [5.41, 5.74) is 1.51. The number of benzene rings is 1. The van der Waals surface area contributed by atoms with Crippen LogP contribution in [0.4, 0.5) is 11.8 Å². The lowest BCUT2D eigenvalue weighted by atomic mass is 9.79. The van der Waals surface area contributed by atoms with Gasteiger partial charge in [0.1, 0.15) is 5.82 Å². The highest BCUT2D eigenvalue weighted by Crippen LogP contribution is 2.40. The Morgan fingerprint density at radius 2 is 1.90 bits per heavy atom. The number of methoxy groups -OCH3 is 1. The SMILES string of the molecule is COc1cc(N2CCOCC2)nc(NC(=S)NCC2(c3ccccc3)CCCC2)n1. The van der Waals surface area contributed by atoms with Crippen molar-refractivity contribution in [3.8, 4) is 5.88 Å². The van der Waals surface area contributed by atoms with E-state index in [0.717, 1.165) is 25.5 Å². The van der Waals surface area contributed by atoms with Crippen molar-refractivity contribution in [2.45, 2.75) is 31.1 Å². The third-order valence-corrected chi connectivity index (χ3v) is 6.24. The summed E-state index contributed by atoms with van der Waals surface area (Å²) in [6.45, 7) is 3.76. The molecule has 1 saturated carbocycles. The van der Waals surface area contributed by atoms with Crippen molar-refractivity contribution in [2.75, 3.05) is 50.2 Å². The van der Waals surface area contributed by atoms with E-state index >= 15 is 0 Å². The third-order valence-electron chi connectivity index (χ3n) is 5.99. The van der Waals surface area contributed by atoms with Crippen LogP contribution in [0.1, 0.15) is 31.2 Å². The lowest BCUT2D eigenvalue weighted by Gasteiger charge is -2.30. The smallest absolute Gasteiger partial charge is 0.234 e. The second-order valence-electron chi connectivity index (χ2n) is 7.85. The van der Waals surface area contributed by atoms with Crippen molar-refractivity contribution in [2.24, 2.45) is 0 Å². The van der Waals surface area contributed by atoms with Crippen LogP contribution in [0.5, 0.6) is 5.88 Å². The van der Waals surface area contributed by atoms with Crippen LogP contribution in [-0.4, -0.2) is 55.0 Å². The molecular weight excluding hydrogens is 398 g/mol. The molecule has 1 aromatic heterocycles. The van der Waals surface area contributed by atoms with Gasteiger partial charge in [0.25, 0.3) is 0 Å². The molecule has 0 radical (unpaired) electrons. The van der Waals surface area contributed by atoms with Gasteiger partial charge < -0.3 is 25.0 Å². The van der Waals surface area contributed by atoms with Crippen molar-refractivity contribution in [1.29, 1.82) is 0 Å². The van der Waals surface area contributed by atoms with Gasteiger partial charge >= 0.3 is 0 Å². The quantitative estimate of drug-likeness (QED) is 0.682. The predicted molar refractivity (Wildman–Crippen MR) is 122 cm³/mol. The molecule has 7 nitrogen and oxygen atoms in total. The summed E-state index contributed by atoms with van der Waals surface area (Å²) < 4.78 is 10.8. The summed E-state index contributed by atoms with van der Waals surface area (Å²) in [6.07, 6.45) is 4.84. The number of morpholine rings is 1. The van der Waals surface area contributed by atoms with Crippen LogP contribution < -0.4 is 20.3 Å². The Kier molecular flexibility index (Phi) is 6.64. The molecular formula is C22H29N5O2S. The summed E-state index contributed by atoms with van der Waals surface area (Å²) in [5, 5.41) is 7.09. The zero-order valence-electron chi connectivity index (χ0n) is 17.4. The highest BCUT2D eigenvalue weighted by Gasteiger charge is 2.35. The Bertz CT molecular complexity index is 852. The zero-order chi connectivity index (χ0) is 20.8. The molecule has 2 fully saturated rings. The number of nitrogens with one attached hydrogen (secondary N) is 2. The molecule has 8 heteroatoms. The van der Waals surface area contributed by atoms with E-state index < -0.39 is 0 Å². The first-order chi connectivity index (χ1) is 14.7. The van der Waals surface area contributed by atoms with E-state index in [1.807, 2.05) is 6.07 Å². The largest absolute Gasteiger partial charge is 0.481 e. The molecule has 30 heavy (non-hydrogen) atoms. The van der Waals surface area contributed by atoms with Gasteiger partial charge in [-0.05, 0) is 30.6 Å². The maximum atomic E-state index is 5.57. The van der Waals surface area contributed by atoms with Gasteiger partial charge in [-0.2, -0.15) is 9.97 Å². The molecule has 0 unspecified atom stereocenters. The van der Waals surface area contributed by atoms with E-state index in [2.05, 4.69) is 55.8 Å². The minimum Gasteiger partial charge on any atom is -0.481 e. The van der Waals surface area contributed by atoms with Gasteiger partial charge in [-0.15, -0.1) is 0 Å². The number of nitrogens with zero attached hydrogens (tertiary/aromatic N) is 3. The van der Waals surface area contributed by atoms with Gasteiger partial charge in [-0.25, -0.2) is 0 Å². The number of anilines is 2. The van der Waals surface area contributed by atoms with Crippen LogP contribution >= 0.6 is 12.2 Å². The van der Waals surface area contributed by atoms with Gasteiger partial charge in [0.05, 0.1) is 20.3 Å². The maximum Gasteiger partial charge on any atom is 0.234 e. The molecule has 2 aliphatic rings. The molecule has 0 amide bonds. The Hall–Kier alpha value is -2.45. The minimum atomic E-state index is 0.126. The van der Waals surface area contributed by atoms with Gasteiger partial charge in [0.2, 0.25) is 11.8 Å². The van der Waals surface area contributed by atoms with Crippen LogP contribution in [0, 0.1) is 0 Å². The van der Waals surface area contributed by atoms with E-state index in [9.17, 15) is 0 Å². The number of ether oxygens (including phenoxy) is 2. The fourth-order valence-electron chi connectivity index (χ4n) is 4.33. The summed E-state index contributed by atoms with van der Waals surface area (Å²) in [5.74, 6) is 1.76. The molecule has 0 atom stereocenters. The number of hydrogen-bond acceptors (Lipinski definition) is 6. The Morgan fingerprint density at radius 1 is 1.17 bits per heavy atom. The Labute approximate surface area is 183 Å². The monoisotopic (exact) mass is 427 g/mol. The molecule has 2 aromatic rings. The van der Waals surface area contributed by atoms with Gasteiger partial charge in [-0.3, -0.25) is 0 Å². The first kappa shape index (κ1) is 20.8. The number of rotatable bonds is 6. The molecule has 1 aliphatic heterocycles. The van der Waals surface area contributed by atoms with Gasteiger partial charge in [0.15, 0.2) is 5.11 Å². The lowest BCUT2D eigenvalue weighted by molar-refractivity contribution is 0.122. The summed E-state index contributed by atoms with van der Waals surface area (Å²) in [7, 11) is 1.61. The molecule has 160 valence electrons. The van der Waals surface area contributed by atoms with E-state index in [-0.39, 0.29) is 5.41 Å². The molecule has 4 rings (SSSR count). The summed E-state index contributed by atoms with van der Waals surface area (Å²) in [4.78, 5) is 11.2. The topological polar surface area (TPSA) is 71.5 Å². The van der Waals surface area contributed by atoms with E-state index in [0.29, 0.717) is 30.2 Å². The number of hydrogen-bond donors (Lipinski definition) is 2. The molecule has 0 bridgehead atoms. The zero-order valence-corrected chi connectivity index (χ0v) is 18.2. The van der Waals surface area contributed by atoms with E-state index in [1.54, 1.807) is 7.11 Å². The second kappa shape index (κ2) is 9.57. The fraction of sp³-hybridized carbons (Fsp3) is 0.500. The van der Waals surface area contributed by atoms with Crippen LogP contribution in [0.3, 0.4) is 0 Å². The molecule has 0 spiro atoms. The molecule has 1 saturated heterocycles. The van der Waals surface area contributed by atoms with Crippen LogP contribution in [-0.2, 0) is 10.2 Å². The highest BCUT2D eigenvalue weighted by molar-refractivity contribution is 7.80. The predicted octanol–water partition coefficient (Wildman–Crippen LogP) is 3.12. The van der Waals surface area contributed by atoms with Crippen molar-refractivity contribution >= 4 is 29.1 Å². The standard InChI is InChI=1S/C22H29N5O2S/c1-28-19-15-18(27-11-13-29-14-12-27)24-20(25-19)26-21(30)23-16-22(9-5-6-10-22)17-7-3-2-4-8-17/h2-4,7-8,15H,5-6,9-14,16H2,1H3,(H2,23,24,25,26,30). The Morgan fingerprint density at radius 3 is 2.60 bits per heavy atom. The normalized spacial score (nSPS) is 18.1. The Balaban J connectivity index is 1.43. The van der Waals surface area contributed by atoms with Gasteiger partial charge in [0, 0.05) is 31.1 Å². The van der Waals surface area contributed by atoms with Crippen molar-refractivity contribution < 1.29 is 9.47 Å². The summed E-state index contributed by atoms with van der Waals surface area (Å²) in [6, 6.07) is 12.6. The maximum absolute atomic E-state index is 5.57. The third kappa shape index (κ3) is 4.82. The molecule has 1 aromatic carbocycles. The van der Waals surface area contributed by atoms with Gasteiger partial charge in [-0.1, -0.05) is 43.2 Å². The average molecular weight is 428 g/mol. The first-order valence-electron chi connectivity index (χ1n) is 10.5. The highest BCUT2D eigenvalue weighted by atomic mass is 32.1. The molecule has 2 heterocycles. The van der Waals surface area contributed by atoms with E-state index in [1.165, 1.54) is 31.2 Å².